The summed E-state index contributed by atoms with van der Waals surface area (Å²) in [6, 6.07) is -1.38. The highest BCUT2D eigenvalue weighted by atomic mass is 19.1. The van der Waals surface area contributed by atoms with Crippen molar-refractivity contribution in [3.63, 3.8) is 0 Å². The van der Waals surface area contributed by atoms with Crippen LogP contribution in [0.2, 0.25) is 0 Å². The van der Waals surface area contributed by atoms with Crippen LogP contribution in [0.15, 0.2) is 0 Å². The third-order valence-electron chi connectivity index (χ3n) is 3.48. The molecule has 2 aliphatic rings. The lowest BCUT2D eigenvalue weighted by Crippen LogP contribution is -2.43. The molecule has 2 N–H and O–H groups in total. The fourth-order valence-corrected chi connectivity index (χ4v) is 2.64. The van der Waals surface area contributed by atoms with Gasteiger partial charge in [0.05, 0.1) is 0 Å². The van der Waals surface area contributed by atoms with Crippen LogP contribution in [0.3, 0.4) is 0 Å². The summed E-state index contributed by atoms with van der Waals surface area (Å²) in [4.78, 5) is 22.1. The van der Waals surface area contributed by atoms with E-state index in [1.807, 2.05) is 0 Å². The predicted molar refractivity (Wildman–Crippen MR) is 49.9 cm³/mol. The van der Waals surface area contributed by atoms with Gasteiger partial charge in [-0.25, -0.2) is 9.18 Å². The molecule has 3 atom stereocenters. The lowest BCUT2D eigenvalue weighted by molar-refractivity contribution is -0.142. The zero-order chi connectivity index (χ0) is 11.0. The van der Waals surface area contributed by atoms with E-state index in [2.05, 4.69) is 5.32 Å². The number of hydrogen-bond acceptors (Lipinski definition) is 2. The van der Waals surface area contributed by atoms with E-state index < -0.39 is 18.7 Å². The Hall–Kier alpha value is -1.13. The van der Waals surface area contributed by atoms with Crippen molar-refractivity contribution in [1.82, 2.24) is 5.32 Å². The Balaban J connectivity index is 1.85. The molecule has 0 heterocycles. The largest absolute Gasteiger partial charge is 0.480 e. The van der Waals surface area contributed by atoms with Gasteiger partial charge in [0.25, 0.3) is 0 Å². The van der Waals surface area contributed by atoms with Crippen LogP contribution in [0.4, 0.5) is 4.39 Å². The number of aliphatic carboxylic acids is 1. The third kappa shape index (κ3) is 1.82. The maximum absolute atomic E-state index is 12.2. The molecular weight excluding hydrogens is 201 g/mol. The Labute approximate surface area is 86.8 Å². The highest BCUT2D eigenvalue weighted by Crippen LogP contribution is 2.57. The Morgan fingerprint density at radius 3 is 2.47 bits per heavy atom. The fraction of sp³-hybridized carbons (Fsp3) is 0.800. The molecule has 0 spiro atoms. The summed E-state index contributed by atoms with van der Waals surface area (Å²) >= 11 is 0. The highest BCUT2D eigenvalue weighted by molar-refractivity contribution is 5.87. The van der Waals surface area contributed by atoms with Gasteiger partial charge in [-0.3, -0.25) is 4.79 Å². The molecule has 84 valence electrons. The molecule has 15 heavy (non-hydrogen) atoms. The predicted octanol–water partition coefficient (Wildman–Crippen LogP) is 0.571. The smallest absolute Gasteiger partial charge is 0.328 e. The van der Waals surface area contributed by atoms with Crippen LogP contribution >= 0.6 is 0 Å². The maximum Gasteiger partial charge on any atom is 0.328 e. The van der Waals surface area contributed by atoms with Gasteiger partial charge < -0.3 is 10.4 Å². The van der Waals surface area contributed by atoms with Crippen LogP contribution in [0.25, 0.3) is 0 Å². The summed E-state index contributed by atoms with van der Waals surface area (Å²) in [5.41, 5.74) is 0. The van der Waals surface area contributed by atoms with Crippen molar-refractivity contribution in [1.29, 1.82) is 0 Å². The van der Waals surface area contributed by atoms with Crippen molar-refractivity contribution in [3.05, 3.63) is 0 Å². The molecular formula is C10H14FNO3. The number of amides is 1. The van der Waals surface area contributed by atoms with E-state index in [4.69, 9.17) is 5.11 Å². The van der Waals surface area contributed by atoms with E-state index in [9.17, 15) is 14.0 Å². The minimum absolute atomic E-state index is 0.0489. The quantitative estimate of drug-likeness (QED) is 0.720. The molecule has 0 saturated heterocycles. The Bertz CT molecular complexity index is 284. The molecule has 3 unspecified atom stereocenters. The molecule has 0 aliphatic heterocycles. The first-order valence-corrected chi connectivity index (χ1v) is 5.24. The van der Waals surface area contributed by atoms with Crippen LogP contribution in [0.1, 0.15) is 19.3 Å². The summed E-state index contributed by atoms with van der Waals surface area (Å²) in [5.74, 6) is -0.781. The van der Waals surface area contributed by atoms with Gasteiger partial charge in [-0.05, 0) is 24.7 Å². The van der Waals surface area contributed by atoms with Crippen molar-refractivity contribution in [2.45, 2.75) is 25.3 Å². The van der Waals surface area contributed by atoms with Gasteiger partial charge in [-0.2, -0.15) is 0 Å². The minimum Gasteiger partial charge on any atom is -0.480 e. The number of rotatable bonds is 4. The van der Waals surface area contributed by atoms with E-state index in [-0.39, 0.29) is 11.8 Å². The lowest BCUT2D eigenvalue weighted by atomic mass is 10.1. The number of carbonyl (C=O) groups excluding carboxylic acids is 1. The zero-order valence-electron chi connectivity index (χ0n) is 8.28. The van der Waals surface area contributed by atoms with Crippen LogP contribution in [-0.4, -0.2) is 29.7 Å². The average molecular weight is 215 g/mol. The number of hydrogen-bond donors (Lipinski definition) is 2. The second-order valence-electron chi connectivity index (χ2n) is 4.34. The Morgan fingerprint density at radius 1 is 1.40 bits per heavy atom. The van der Waals surface area contributed by atoms with Crippen LogP contribution in [-0.2, 0) is 9.59 Å². The molecule has 2 rings (SSSR count). The zero-order valence-corrected chi connectivity index (χ0v) is 8.28. The van der Waals surface area contributed by atoms with E-state index in [1.54, 1.807) is 0 Å². The molecule has 2 aliphatic carbocycles. The van der Waals surface area contributed by atoms with Crippen LogP contribution in [0.5, 0.6) is 0 Å². The van der Waals surface area contributed by atoms with Crippen LogP contribution in [0, 0.1) is 17.8 Å². The molecule has 4 nitrogen and oxygen atoms in total. The monoisotopic (exact) mass is 215 g/mol. The molecule has 2 saturated carbocycles. The number of nitrogens with one attached hydrogen (secondary N) is 1. The number of carboxylic acids is 1. The molecule has 5 heteroatoms. The molecule has 2 fully saturated rings. The van der Waals surface area contributed by atoms with E-state index >= 15 is 0 Å². The average Bonchev–Trinajstić information content (AvgIpc) is 2.68. The molecule has 0 aromatic carbocycles. The van der Waals surface area contributed by atoms with Crippen molar-refractivity contribution in [2.75, 3.05) is 6.67 Å². The lowest BCUT2D eigenvalue weighted by Gasteiger charge is -2.11. The van der Waals surface area contributed by atoms with Gasteiger partial charge in [0, 0.05) is 5.92 Å². The number of halogens is 1. The summed E-state index contributed by atoms with van der Waals surface area (Å²) in [5, 5.41) is 10.8. The SMILES string of the molecule is O=C(O)C(CF)NC(=O)C1C2CCCC21. The first kappa shape index (κ1) is 10.4. The van der Waals surface area contributed by atoms with Crippen molar-refractivity contribution in [2.24, 2.45) is 17.8 Å². The second kappa shape index (κ2) is 3.79. The van der Waals surface area contributed by atoms with Gasteiger partial charge >= 0.3 is 5.97 Å². The van der Waals surface area contributed by atoms with Gasteiger partial charge in [0.15, 0.2) is 6.04 Å². The van der Waals surface area contributed by atoms with Gasteiger partial charge in [0.2, 0.25) is 5.91 Å². The molecule has 0 radical (unpaired) electrons. The van der Waals surface area contributed by atoms with Gasteiger partial charge in [-0.1, -0.05) is 6.42 Å². The molecule has 0 bridgehead atoms. The first-order valence-electron chi connectivity index (χ1n) is 5.24. The minimum atomic E-state index is -1.38. The topological polar surface area (TPSA) is 66.4 Å². The molecule has 0 aromatic heterocycles. The third-order valence-corrected chi connectivity index (χ3v) is 3.48. The number of carboxylic acid groups (broad SMARTS) is 1. The maximum atomic E-state index is 12.2. The van der Waals surface area contributed by atoms with Gasteiger partial charge in [0.1, 0.15) is 6.67 Å². The first-order chi connectivity index (χ1) is 7.15. The Kier molecular flexibility index (Phi) is 2.63. The van der Waals surface area contributed by atoms with E-state index in [1.165, 1.54) is 0 Å². The Morgan fingerprint density at radius 2 is 2.00 bits per heavy atom. The summed E-state index contributed by atoms with van der Waals surface area (Å²) < 4.78 is 12.2. The van der Waals surface area contributed by atoms with Crippen molar-refractivity contribution < 1.29 is 19.1 Å². The molecule has 1 amide bonds. The van der Waals surface area contributed by atoms with Gasteiger partial charge in [-0.15, -0.1) is 0 Å². The summed E-state index contributed by atoms with van der Waals surface area (Å²) in [7, 11) is 0. The van der Waals surface area contributed by atoms with Crippen LogP contribution < -0.4 is 5.32 Å². The standard InChI is InChI=1S/C10H14FNO3/c11-4-7(10(14)15)12-9(13)8-5-2-1-3-6(5)8/h5-8H,1-4H2,(H,12,13)(H,14,15). The normalized spacial score (nSPS) is 34.3. The second-order valence-corrected chi connectivity index (χ2v) is 4.34. The summed E-state index contributed by atoms with van der Waals surface area (Å²) in [6.45, 7) is -1.05. The van der Waals surface area contributed by atoms with E-state index in [0.717, 1.165) is 19.3 Å². The highest BCUT2D eigenvalue weighted by Gasteiger charge is 2.56. The van der Waals surface area contributed by atoms with Crippen molar-refractivity contribution >= 4 is 11.9 Å². The van der Waals surface area contributed by atoms with Crippen molar-refractivity contribution in [3.8, 4) is 0 Å². The number of fused-ring (bicyclic) bond motifs is 1. The molecule has 0 aromatic rings. The fourth-order valence-electron chi connectivity index (χ4n) is 2.64. The van der Waals surface area contributed by atoms with E-state index in [0.29, 0.717) is 11.8 Å². The summed E-state index contributed by atoms with van der Waals surface area (Å²) in [6.07, 6.45) is 3.26. The number of carbonyl (C=O) groups is 2. The number of alkyl halides is 1.